The lowest BCUT2D eigenvalue weighted by atomic mass is 9.95. The fraction of sp³-hybridized carbons (Fsp3) is 0.500. The predicted octanol–water partition coefficient (Wildman–Crippen LogP) is 0.531. The highest BCUT2D eigenvalue weighted by Crippen LogP contribution is 2.50. The van der Waals surface area contributed by atoms with E-state index in [0.717, 1.165) is 0 Å². The number of aliphatic carboxylic acids is 1. The van der Waals surface area contributed by atoms with Crippen molar-refractivity contribution in [3.05, 3.63) is 46.0 Å². The number of amides is 3. The smallest absolute Gasteiger partial charge is 0.327 e. The van der Waals surface area contributed by atoms with Crippen LogP contribution in [0.15, 0.2) is 30.3 Å². The molecule has 172 valence electrons. The molecule has 0 radical (unpaired) electrons. The van der Waals surface area contributed by atoms with E-state index in [-0.39, 0.29) is 6.42 Å². The van der Waals surface area contributed by atoms with Gasteiger partial charge in [0.15, 0.2) is 0 Å². The fourth-order valence-electron chi connectivity index (χ4n) is 4.00. The molecule has 2 heterocycles. The summed E-state index contributed by atoms with van der Waals surface area (Å²) in [6.45, 7) is 4.93. The molecule has 0 aliphatic carbocycles. The molecule has 32 heavy (non-hydrogen) atoms. The number of hydrogen-bond donors (Lipinski definition) is 3. The summed E-state index contributed by atoms with van der Waals surface area (Å²) >= 11 is 1.27. The number of carboxylic acid groups (broad SMARTS) is 1. The van der Waals surface area contributed by atoms with Crippen LogP contribution in [0.5, 0.6) is 0 Å². The average Bonchev–Trinajstić information content (AvgIpc) is 2.99. The second-order valence-electron chi connectivity index (χ2n) is 8.15. The maximum Gasteiger partial charge on any atom is 0.327 e. The van der Waals surface area contributed by atoms with Gasteiger partial charge in [-0.05, 0) is 19.4 Å². The molecule has 12 heteroatoms. The lowest BCUT2D eigenvalue weighted by molar-refractivity contribution is -0.508. The summed E-state index contributed by atoms with van der Waals surface area (Å²) in [5, 5.41) is 25.1. The zero-order valence-corrected chi connectivity index (χ0v) is 18.5. The Morgan fingerprint density at radius 3 is 2.41 bits per heavy atom. The van der Waals surface area contributed by atoms with Crippen LogP contribution >= 0.6 is 11.8 Å². The molecule has 2 aliphatic rings. The lowest BCUT2D eigenvalue weighted by Gasteiger charge is -2.44. The van der Waals surface area contributed by atoms with Crippen molar-refractivity contribution in [1.82, 2.24) is 15.5 Å². The minimum Gasteiger partial charge on any atom is -0.480 e. The number of carbonyl (C=O) groups excluding carboxylic acids is 3. The van der Waals surface area contributed by atoms with E-state index in [1.54, 1.807) is 44.2 Å². The highest BCUT2D eigenvalue weighted by molar-refractivity contribution is 8.01. The molecular weight excluding hydrogens is 440 g/mol. The molecule has 3 amide bonds. The number of rotatable bonds is 8. The van der Waals surface area contributed by atoms with Gasteiger partial charge in [0.25, 0.3) is 11.9 Å². The molecule has 3 N–H and O–H groups in total. The molecule has 2 fully saturated rings. The van der Waals surface area contributed by atoms with Gasteiger partial charge in [-0.2, -0.15) is 0 Å². The molecular formula is C20H24N4O7S. The van der Waals surface area contributed by atoms with Crippen LogP contribution in [0.2, 0.25) is 0 Å². The highest BCUT2D eigenvalue weighted by atomic mass is 32.2. The maximum atomic E-state index is 13.1. The van der Waals surface area contributed by atoms with Crippen LogP contribution in [-0.4, -0.2) is 66.9 Å². The number of nitrogens with zero attached hydrogens (tertiary/aromatic N) is 2. The Labute approximate surface area is 188 Å². The van der Waals surface area contributed by atoms with Crippen molar-refractivity contribution >= 4 is 35.5 Å². The number of β-lactam (4-membered cyclic amide) rings is 1. The van der Waals surface area contributed by atoms with Crippen molar-refractivity contribution in [1.29, 1.82) is 0 Å². The molecule has 2 aliphatic heterocycles. The van der Waals surface area contributed by atoms with E-state index in [0.29, 0.717) is 5.56 Å². The molecule has 0 saturated carbocycles. The molecule has 1 aromatic carbocycles. The van der Waals surface area contributed by atoms with Gasteiger partial charge in [0.05, 0.1) is 0 Å². The van der Waals surface area contributed by atoms with Gasteiger partial charge in [-0.25, -0.2) is 4.79 Å². The molecule has 11 nitrogen and oxygen atoms in total. The summed E-state index contributed by atoms with van der Waals surface area (Å²) in [5.74, 6) is -3.27. The topological polar surface area (TPSA) is 159 Å². The lowest BCUT2D eigenvalue weighted by Crippen LogP contribution is -2.71. The van der Waals surface area contributed by atoms with E-state index < -0.39 is 62.9 Å². The van der Waals surface area contributed by atoms with Gasteiger partial charge in [0, 0.05) is 16.1 Å². The number of fused-ring (bicyclic) bond motifs is 1. The first-order valence-corrected chi connectivity index (χ1v) is 10.9. The van der Waals surface area contributed by atoms with Crippen LogP contribution in [0.3, 0.4) is 0 Å². The second-order valence-corrected chi connectivity index (χ2v) is 9.92. The normalized spacial score (nSPS) is 25.2. The summed E-state index contributed by atoms with van der Waals surface area (Å²) in [7, 11) is 0. The first kappa shape index (κ1) is 23.5. The van der Waals surface area contributed by atoms with Gasteiger partial charge in [-0.1, -0.05) is 37.3 Å². The van der Waals surface area contributed by atoms with Crippen LogP contribution in [0.4, 0.5) is 0 Å². The second kappa shape index (κ2) is 8.77. The molecule has 5 atom stereocenters. The van der Waals surface area contributed by atoms with Crippen LogP contribution < -0.4 is 10.6 Å². The Morgan fingerprint density at radius 1 is 1.25 bits per heavy atom. The number of carbonyl (C=O) groups is 4. The van der Waals surface area contributed by atoms with Crippen molar-refractivity contribution < 1.29 is 29.2 Å². The Bertz CT molecular complexity index is 955. The zero-order valence-electron chi connectivity index (χ0n) is 17.7. The monoisotopic (exact) mass is 464 g/mol. The van der Waals surface area contributed by atoms with Crippen LogP contribution in [0.1, 0.15) is 38.8 Å². The van der Waals surface area contributed by atoms with Crippen molar-refractivity contribution in [3.8, 4) is 0 Å². The fourth-order valence-corrected chi connectivity index (χ4v) is 5.62. The SMILES string of the molecule is CCC(C(=O)NC(C(=O)N[C@@H]1C(=O)N2[C@@H]1SC(C)(C)[C@@H]2C(=O)O)c1ccccc1)[N+](=O)[O-]. The van der Waals surface area contributed by atoms with Gasteiger partial charge >= 0.3 is 5.97 Å². The van der Waals surface area contributed by atoms with Crippen molar-refractivity contribution in [2.45, 2.75) is 61.5 Å². The summed E-state index contributed by atoms with van der Waals surface area (Å²) < 4.78 is -0.751. The molecule has 2 saturated heterocycles. The Morgan fingerprint density at radius 2 is 1.88 bits per heavy atom. The van der Waals surface area contributed by atoms with Crippen LogP contribution in [0.25, 0.3) is 0 Å². The van der Waals surface area contributed by atoms with E-state index in [9.17, 15) is 34.4 Å². The quantitative estimate of drug-likeness (QED) is 0.285. The summed E-state index contributed by atoms with van der Waals surface area (Å²) in [5.41, 5.74) is 0.392. The summed E-state index contributed by atoms with van der Waals surface area (Å²) in [4.78, 5) is 61.5. The summed E-state index contributed by atoms with van der Waals surface area (Å²) in [6.07, 6.45) is -0.0532. The predicted molar refractivity (Wildman–Crippen MR) is 114 cm³/mol. The number of nitro groups is 1. The third kappa shape index (κ3) is 4.14. The third-order valence-corrected chi connectivity index (χ3v) is 7.17. The number of hydrogen-bond acceptors (Lipinski definition) is 7. The van der Waals surface area contributed by atoms with E-state index in [4.69, 9.17) is 0 Å². The Kier molecular flexibility index (Phi) is 6.44. The zero-order chi connectivity index (χ0) is 23.8. The molecule has 1 aromatic rings. The number of carboxylic acids is 1. The van der Waals surface area contributed by atoms with Gasteiger partial charge < -0.3 is 20.6 Å². The standard InChI is InChI=1S/C20H24N4O7S/c1-4-11(24(30)31)15(25)21-12(10-8-6-5-7-9-10)16(26)22-13-17(27)23-14(19(28)29)20(2,3)32-18(13)23/h5-9,11-14,18H,4H2,1-3H3,(H,21,25)(H,22,26)(H,28,29)/t11?,12?,13-,14+,18-/m1/s1. The number of thioether (sulfide) groups is 1. The third-order valence-electron chi connectivity index (χ3n) is 5.60. The van der Waals surface area contributed by atoms with E-state index in [2.05, 4.69) is 10.6 Å². The first-order chi connectivity index (χ1) is 15.0. The van der Waals surface area contributed by atoms with Gasteiger partial charge in [-0.3, -0.25) is 24.5 Å². The van der Waals surface area contributed by atoms with Crippen molar-refractivity contribution in [2.24, 2.45) is 0 Å². The van der Waals surface area contributed by atoms with E-state index in [1.165, 1.54) is 23.6 Å². The molecule has 3 rings (SSSR count). The maximum absolute atomic E-state index is 13.1. The van der Waals surface area contributed by atoms with Crippen LogP contribution in [0, 0.1) is 10.1 Å². The van der Waals surface area contributed by atoms with Crippen molar-refractivity contribution in [3.63, 3.8) is 0 Å². The average molecular weight is 465 g/mol. The van der Waals surface area contributed by atoms with Gasteiger partial charge in [-0.15, -0.1) is 11.8 Å². The van der Waals surface area contributed by atoms with Crippen LogP contribution in [-0.2, 0) is 19.2 Å². The number of nitrogens with one attached hydrogen (secondary N) is 2. The van der Waals surface area contributed by atoms with E-state index in [1.807, 2.05) is 0 Å². The molecule has 0 bridgehead atoms. The van der Waals surface area contributed by atoms with E-state index >= 15 is 0 Å². The van der Waals surface area contributed by atoms with Gasteiger partial charge in [0.1, 0.15) is 23.5 Å². The summed E-state index contributed by atoms with van der Waals surface area (Å²) in [6, 6.07) is 3.42. The minimum atomic E-state index is -1.52. The number of benzene rings is 1. The van der Waals surface area contributed by atoms with Crippen molar-refractivity contribution in [2.75, 3.05) is 0 Å². The largest absolute Gasteiger partial charge is 0.480 e. The van der Waals surface area contributed by atoms with Gasteiger partial charge in [0.2, 0.25) is 11.8 Å². The Hall–Kier alpha value is -3.15. The molecule has 0 spiro atoms. The minimum absolute atomic E-state index is 0.0532. The molecule has 2 unspecified atom stereocenters. The molecule has 0 aromatic heterocycles. The first-order valence-electron chi connectivity index (χ1n) is 10.0. The Balaban J connectivity index is 1.80. The highest BCUT2D eigenvalue weighted by Gasteiger charge is 2.64.